The molecule has 0 aliphatic heterocycles. The quantitative estimate of drug-likeness (QED) is 0.343. The fourth-order valence-corrected chi connectivity index (χ4v) is 2.63. The molecule has 3 N–H and O–H groups in total. The number of unbranched alkanes of at least 4 members (excludes halogenated alkanes) is 1. The van der Waals surface area contributed by atoms with Gasteiger partial charge in [0.2, 0.25) is 0 Å². The lowest BCUT2D eigenvalue weighted by Gasteiger charge is -2.23. The van der Waals surface area contributed by atoms with Gasteiger partial charge < -0.3 is 4.74 Å². The standard InChI is InChI=1S/C17H26N2O/c1-2-3-13-20-16-11-9-15(10-12-16)17(19-18)14-7-5-4-6-8-14/h7,9-12,17,19H,2-6,8,13,18H2,1H3. The molecule has 1 unspecified atom stereocenters. The highest BCUT2D eigenvalue weighted by molar-refractivity contribution is 5.34. The largest absolute Gasteiger partial charge is 0.494 e. The molecule has 2 rings (SSSR count). The van der Waals surface area contributed by atoms with Crippen molar-refractivity contribution in [1.82, 2.24) is 5.43 Å². The smallest absolute Gasteiger partial charge is 0.119 e. The van der Waals surface area contributed by atoms with E-state index >= 15 is 0 Å². The first-order valence-corrected chi connectivity index (χ1v) is 7.73. The Morgan fingerprint density at radius 1 is 1.25 bits per heavy atom. The van der Waals surface area contributed by atoms with Crippen LogP contribution in [0.4, 0.5) is 0 Å². The molecule has 0 saturated heterocycles. The van der Waals surface area contributed by atoms with Crippen LogP contribution in [-0.4, -0.2) is 6.61 Å². The zero-order chi connectivity index (χ0) is 14.2. The minimum Gasteiger partial charge on any atom is -0.494 e. The summed E-state index contributed by atoms with van der Waals surface area (Å²) in [6.45, 7) is 2.96. The third-order valence-electron chi connectivity index (χ3n) is 3.84. The van der Waals surface area contributed by atoms with Crippen molar-refractivity contribution >= 4 is 0 Å². The number of hydrazine groups is 1. The third-order valence-corrected chi connectivity index (χ3v) is 3.84. The molecule has 1 aromatic rings. The summed E-state index contributed by atoms with van der Waals surface area (Å²) >= 11 is 0. The van der Waals surface area contributed by atoms with Crippen molar-refractivity contribution in [1.29, 1.82) is 0 Å². The van der Waals surface area contributed by atoms with E-state index in [2.05, 4.69) is 30.6 Å². The second-order valence-corrected chi connectivity index (χ2v) is 5.40. The number of benzene rings is 1. The van der Waals surface area contributed by atoms with Crippen molar-refractivity contribution in [3.8, 4) is 5.75 Å². The lowest BCUT2D eigenvalue weighted by molar-refractivity contribution is 0.309. The van der Waals surface area contributed by atoms with Crippen LogP contribution >= 0.6 is 0 Å². The summed E-state index contributed by atoms with van der Waals surface area (Å²) in [4.78, 5) is 0. The van der Waals surface area contributed by atoms with Gasteiger partial charge in [0.15, 0.2) is 0 Å². The highest BCUT2D eigenvalue weighted by atomic mass is 16.5. The number of rotatable bonds is 7. The normalized spacial score (nSPS) is 16.6. The predicted octanol–water partition coefficient (Wildman–Crippen LogP) is 3.87. The minimum absolute atomic E-state index is 0.139. The monoisotopic (exact) mass is 274 g/mol. The summed E-state index contributed by atoms with van der Waals surface area (Å²) in [5.41, 5.74) is 5.58. The lowest BCUT2D eigenvalue weighted by Crippen LogP contribution is -2.30. The van der Waals surface area contributed by atoms with Gasteiger partial charge in [-0.3, -0.25) is 5.84 Å². The molecule has 1 aromatic carbocycles. The number of allylic oxidation sites excluding steroid dienone is 1. The van der Waals surface area contributed by atoms with E-state index in [1.54, 1.807) is 0 Å². The molecule has 0 spiro atoms. The van der Waals surface area contributed by atoms with Gasteiger partial charge in [0, 0.05) is 0 Å². The predicted molar refractivity (Wildman–Crippen MR) is 83.5 cm³/mol. The van der Waals surface area contributed by atoms with Gasteiger partial charge in [0.05, 0.1) is 12.6 Å². The van der Waals surface area contributed by atoms with Crippen LogP contribution in [0.15, 0.2) is 35.9 Å². The fraction of sp³-hybridized carbons (Fsp3) is 0.529. The van der Waals surface area contributed by atoms with Crippen LogP contribution in [-0.2, 0) is 0 Å². The van der Waals surface area contributed by atoms with Gasteiger partial charge in [0.1, 0.15) is 5.75 Å². The van der Waals surface area contributed by atoms with E-state index in [9.17, 15) is 0 Å². The molecule has 0 bridgehead atoms. The van der Waals surface area contributed by atoms with E-state index in [4.69, 9.17) is 10.6 Å². The number of ether oxygens (including phenoxy) is 1. The first kappa shape index (κ1) is 15.1. The molecular weight excluding hydrogens is 248 g/mol. The molecule has 0 fully saturated rings. The molecule has 3 nitrogen and oxygen atoms in total. The van der Waals surface area contributed by atoms with Gasteiger partial charge in [-0.25, -0.2) is 5.43 Å². The molecular formula is C17H26N2O. The second kappa shape index (κ2) is 8.08. The molecule has 0 heterocycles. The van der Waals surface area contributed by atoms with Gasteiger partial charge in [-0.2, -0.15) is 0 Å². The summed E-state index contributed by atoms with van der Waals surface area (Å²) in [5.74, 6) is 6.69. The number of hydrogen-bond acceptors (Lipinski definition) is 3. The third kappa shape index (κ3) is 4.09. The Morgan fingerprint density at radius 2 is 2.05 bits per heavy atom. The van der Waals surface area contributed by atoms with E-state index in [-0.39, 0.29) is 6.04 Å². The maximum Gasteiger partial charge on any atom is 0.119 e. The summed E-state index contributed by atoms with van der Waals surface area (Å²) in [5, 5.41) is 0. The van der Waals surface area contributed by atoms with Crippen LogP contribution in [0, 0.1) is 0 Å². The van der Waals surface area contributed by atoms with E-state index in [1.807, 2.05) is 12.1 Å². The van der Waals surface area contributed by atoms with Crippen molar-refractivity contribution in [2.75, 3.05) is 6.61 Å². The zero-order valence-corrected chi connectivity index (χ0v) is 12.4. The highest BCUT2D eigenvalue weighted by Gasteiger charge is 2.16. The molecule has 0 saturated carbocycles. The molecule has 1 aliphatic rings. The Balaban J connectivity index is 2.01. The van der Waals surface area contributed by atoms with E-state index in [1.165, 1.54) is 30.4 Å². The number of nitrogens with two attached hydrogens (primary N) is 1. The van der Waals surface area contributed by atoms with Gasteiger partial charge in [0.25, 0.3) is 0 Å². The Hall–Kier alpha value is -1.32. The molecule has 0 aromatic heterocycles. The summed E-state index contributed by atoms with van der Waals surface area (Å²) < 4.78 is 5.69. The van der Waals surface area contributed by atoms with Crippen molar-refractivity contribution in [3.63, 3.8) is 0 Å². The topological polar surface area (TPSA) is 47.3 Å². The lowest BCUT2D eigenvalue weighted by atomic mass is 9.90. The average Bonchev–Trinajstić information content (AvgIpc) is 2.51. The minimum atomic E-state index is 0.139. The maximum absolute atomic E-state index is 5.75. The fourth-order valence-electron chi connectivity index (χ4n) is 2.63. The first-order valence-electron chi connectivity index (χ1n) is 7.73. The van der Waals surface area contributed by atoms with Crippen LogP contribution in [0.25, 0.3) is 0 Å². The van der Waals surface area contributed by atoms with Crippen molar-refractivity contribution in [2.24, 2.45) is 5.84 Å². The molecule has 1 atom stereocenters. The van der Waals surface area contributed by atoms with Crippen LogP contribution in [0.5, 0.6) is 5.75 Å². The van der Waals surface area contributed by atoms with Crippen molar-refractivity contribution < 1.29 is 4.74 Å². The van der Waals surface area contributed by atoms with Crippen LogP contribution < -0.4 is 16.0 Å². The molecule has 1 aliphatic carbocycles. The Morgan fingerprint density at radius 3 is 2.65 bits per heavy atom. The zero-order valence-electron chi connectivity index (χ0n) is 12.4. The van der Waals surface area contributed by atoms with Crippen LogP contribution in [0.1, 0.15) is 57.1 Å². The SMILES string of the molecule is CCCCOc1ccc(C(NN)C2=CCCCC2)cc1. The molecule has 20 heavy (non-hydrogen) atoms. The van der Waals surface area contributed by atoms with Gasteiger partial charge in [-0.1, -0.05) is 37.1 Å². The Labute approximate surface area is 122 Å². The molecule has 0 amide bonds. The van der Waals surface area contributed by atoms with E-state index in [0.29, 0.717) is 0 Å². The second-order valence-electron chi connectivity index (χ2n) is 5.40. The molecule has 3 heteroatoms. The highest BCUT2D eigenvalue weighted by Crippen LogP contribution is 2.30. The Bertz CT molecular complexity index is 425. The average molecular weight is 274 g/mol. The van der Waals surface area contributed by atoms with E-state index < -0.39 is 0 Å². The van der Waals surface area contributed by atoms with Crippen molar-refractivity contribution in [2.45, 2.75) is 51.5 Å². The van der Waals surface area contributed by atoms with Crippen LogP contribution in [0.2, 0.25) is 0 Å². The van der Waals surface area contributed by atoms with Gasteiger partial charge in [-0.05, 0) is 49.8 Å². The van der Waals surface area contributed by atoms with Crippen molar-refractivity contribution in [3.05, 3.63) is 41.5 Å². The van der Waals surface area contributed by atoms with Crippen LogP contribution in [0.3, 0.4) is 0 Å². The number of nitrogens with one attached hydrogen (secondary N) is 1. The first-order chi connectivity index (χ1) is 9.85. The molecule has 110 valence electrons. The summed E-state index contributed by atoms with van der Waals surface area (Å²) in [7, 11) is 0. The maximum atomic E-state index is 5.75. The van der Waals surface area contributed by atoms with Gasteiger partial charge >= 0.3 is 0 Å². The van der Waals surface area contributed by atoms with Gasteiger partial charge in [-0.15, -0.1) is 0 Å². The molecule has 0 radical (unpaired) electrons. The Kier molecular flexibility index (Phi) is 6.09. The van der Waals surface area contributed by atoms with E-state index in [0.717, 1.165) is 31.6 Å². The number of hydrogen-bond donors (Lipinski definition) is 2. The summed E-state index contributed by atoms with van der Waals surface area (Å²) in [6, 6.07) is 8.44. The summed E-state index contributed by atoms with van der Waals surface area (Å²) in [6.07, 6.45) is 9.47.